The van der Waals surface area contributed by atoms with Crippen molar-refractivity contribution in [1.82, 2.24) is 5.32 Å². The van der Waals surface area contributed by atoms with Crippen molar-refractivity contribution in [3.63, 3.8) is 0 Å². The van der Waals surface area contributed by atoms with Crippen LogP contribution in [0.2, 0.25) is 0 Å². The van der Waals surface area contributed by atoms with Crippen LogP contribution in [0.5, 0.6) is 11.5 Å². The molecule has 8 nitrogen and oxygen atoms in total. The Morgan fingerprint density at radius 3 is 2.68 bits per heavy atom. The molecule has 2 heterocycles. The molecule has 146 valence electrons. The van der Waals surface area contributed by atoms with Crippen LogP contribution in [-0.2, 0) is 6.42 Å². The predicted octanol–water partition coefficient (Wildman–Crippen LogP) is 2.90. The molecule has 28 heavy (non-hydrogen) atoms. The Morgan fingerprint density at radius 1 is 1.11 bits per heavy atom. The summed E-state index contributed by atoms with van der Waals surface area (Å²) in [5.74, 6) is 1.13. The maximum atomic E-state index is 12.8. The molecule has 1 amide bonds. The molecule has 0 aromatic heterocycles. The third kappa shape index (κ3) is 3.71. The highest BCUT2D eigenvalue weighted by molar-refractivity contribution is 6.00. The number of carbonyl (C=O) groups excluding carboxylic acids is 1. The van der Waals surface area contributed by atoms with Gasteiger partial charge in [-0.15, -0.1) is 0 Å². The quantitative estimate of drug-likeness (QED) is 0.609. The number of nitrogens with one attached hydrogen (secondary N) is 1. The van der Waals surface area contributed by atoms with Crippen molar-refractivity contribution in [3.8, 4) is 11.5 Å². The zero-order chi connectivity index (χ0) is 19.5. The van der Waals surface area contributed by atoms with Crippen LogP contribution in [0.4, 0.5) is 11.4 Å². The molecule has 0 spiro atoms. The number of nitro groups is 1. The number of nitro benzene ring substituents is 1. The summed E-state index contributed by atoms with van der Waals surface area (Å²) in [6, 6.07) is 10.2. The van der Waals surface area contributed by atoms with Crippen LogP contribution in [0, 0.1) is 10.1 Å². The van der Waals surface area contributed by atoms with Crippen LogP contribution in [-0.4, -0.2) is 37.3 Å². The minimum absolute atomic E-state index is 0.0798. The number of carbonyl (C=O) groups is 1. The van der Waals surface area contributed by atoms with E-state index in [1.807, 2.05) is 18.2 Å². The second-order valence-corrected chi connectivity index (χ2v) is 6.85. The van der Waals surface area contributed by atoms with Gasteiger partial charge in [-0.1, -0.05) is 6.07 Å². The maximum absolute atomic E-state index is 12.8. The van der Waals surface area contributed by atoms with Crippen molar-refractivity contribution in [2.45, 2.75) is 19.3 Å². The number of nitrogens with zero attached hydrogens (tertiary/aromatic N) is 2. The van der Waals surface area contributed by atoms with E-state index in [1.54, 1.807) is 6.07 Å². The van der Waals surface area contributed by atoms with Gasteiger partial charge in [-0.25, -0.2) is 0 Å². The summed E-state index contributed by atoms with van der Waals surface area (Å²) >= 11 is 0. The van der Waals surface area contributed by atoms with Gasteiger partial charge in [0.15, 0.2) is 11.5 Å². The van der Waals surface area contributed by atoms with Gasteiger partial charge >= 0.3 is 0 Å². The van der Waals surface area contributed by atoms with Gasteiger partial charge in [-0.3, -0.25) is 14.9 Å². The molecule has 1 N–H and O–H groups in total. The first-order chi connectivity index (χ1) is 13.6. The average molecular weight is 383 g/mol. The number of rotatable bonds is 6. The number of hydrogen-bond acceptors (Lipinski definition) is 6. The summed E-state index contributed by atoms with van der Waals surface area (Å²) < 4.78 is 10.7. The van der Waals surface area contributed by atoms with Crippen LogP contribution < -0.4 is 19.7 Å². The number of amides is 1. The normalized spacial score (nSPS) is 14.9. The summed E-state index contributed by atoms with van der Waals surface area (Å²) in [5.41, 5.74) is 2.04. The summed E-state index contributed by atoms with van der Waals surface area (Å²) in [7, 11) is 0. The minimum Gasteiger partial charge on any atom is -0.454 e. The molecule has 1 saturated heterocycles. The summed E-state index contributed by atoms with van der Waals surface area (Å²) in [6.45, 7) is 2.35. The molecule has 4 rings (SSSR count). The molecule has 8 heteroatoms. The largest absolute Gasteiger partial charge is 0.454 e. The molecule has 2 aliphatic rings. The van der Waals surface area contributed by atoms with Gasteiger partial charge in [0.2, 0.25) is 6.79 Å². The lowest BCUT2D eigenvalue weighted by molar-refractivity contribution is -0.384. The molecule has 2 aliphatic heterocycles. The monoisotopic (exact) mass is 383 g/mol. The van der Waals surface area contributed by atoms with Crippen LogP contribution in [0.3, 0.4) is 0 Å². The Hall–Kier alpha value is -3.29. The Kier molecular flexibility index (Phi) is 5.01. The van der Waals surface area contributed by atoms with E-state index in [1.165, 1.54) is 12.1 Å². The lowest BCUT2D eigenvalue weighted by Gasteiger charge is -2.20. The number of benzene rings is 2. The van der Waals surface area contributed by atoms with Crippen molar-refractivity contribution in [2.24, 2.45) is 0 Å². The van der Waals surface area contributed by atoms with Crippen LogP contribution >= 0.6 is 0 Å². The Morgan fingerprint density at radius 2 is 1.89 bits per heavy atom. The van der Waals surface area contributed by atoms with Crippen molar-refractivity contribution >= 4 is 17.3 Å². The molecular formula is C20H21N3O5. The SMILES string of the molecule is O=C(NCCc1ccc2c(c1)OCO2)c1cc([N+](=O)[O-])ccc1N1CCCC1. The summed E-state index contributed by atoms with van der Waals surface area (Å²) in [4.78, 5) is 25.5. The molecule has 0 radical (unpaired) electrons. The first-order valence-electron chi connectivity index (χ1n) is 9.32. The van der Waals surface area contributed by atoms with E-state index in [-0.39, 0.29) is 18.4 Å². The Bertz CT molecular complexity index is 909. The summed E-state index contributed by atoms with van der Waals surface area (Å²) in [5, 5.41) is 14.0. The van der Waals surface area contributed by atoms with Gasteiger partial charge in [0.25, 0.3) is 11.6 Å². The van der Waals surface area contributed by atoms with Crippen LogP contribution in [0.25, 0.3) is 0 Å². The zero-order valence-corrected chi connectivity index (χ0v) is 15.3. The first-order valence-corrected chi connectivity index (χ1v) is 9.32. The average Bonchev–Trinajstić information content (AvgIpc) is 3.39. The van der Waals surface area contributed by atoms with Gasteiger partial charge in [-0.05, 0) is 43.0 Å². The molecule has 1 fully saturated rings. The van der Waals surface area contributed by atoms with Gasteiger partial charge in [-0.2, -0.15) is 0 Å². The molecule has 2 aromatic carbocycles. The number of ether oxygens (including phenoxy) is 2. The van der Waals surface area contributed by atoms with Gasteiger partial charge in [0.1, 0.15) is 0 Å². The predicted molar refractivity (Wildman–Crippen MR) is 103 cm³/mol. The lowest BCUT2D eigenvalue weighted by Crippen LogP contribution is -2.29. The van der Waals surface area contributed by atoms with E-state index < -0.39 is 4.92 Å². The Labute approximate surface area is 162 Å². The van der Waals surface area contributed by atoms with Gasteiger partial charge in [0, 0.05) is 31.8 Å². The van der Waals surface area contributed by atoms with Crippen molar-refractivity contribution in [2.75, 3.05) is 31.3 Å². The lowest BCUT2D eigenvalue weighted by atomic mass is 10.1. The van der Waals surface area contributed by atoms with Crippen molar-refractivity contribution in [1.29, 1.82) is 0 Å². The van der Waals surface area contributed by atoms with Crippen LogP contribution in [0.1, 0.15) is 28.8 Å². The number of non-ortho nitro benzene ring substituents is 1. The molecule has 0 unspecified atom stereocenters. The minimum atomic E-state index is -0.475. The molecule has 0 atom stereocenters. The Balaban J connectivity index is 1.45. The highest BCUT2D eigenvalue weighted by Gasteiger charge is 2.22. The van der Waals surface area contributed by atoms with Crippen molar-refractivity contribution in [3.05, 3.63) is 57.6 Å². The summed E-state index contributed by atoms with van der Waals surface area (Å²) in [6.07, 6.45) is 2.74. The van der Waals surface area contributed by atoms with Gasteiger partial charge in [0.05, 0.1) is 16.2 Å². The highest BCUT2D eigenvalue weighted by atomic mass is 16.7. The second kappa shape index (κ2) is 7.75. The van der Waals surface area contributed by atoms with E-state index in [9.17, 15) is 14.9 Å². The number of anilines is 1. The highest BCUT2D eigenvalue weighted by Crippen LogP contribution is 2.32. The third-order valence-electron chi connectivity index (χ3n) is 5.02. The number of hydrogen-bond donors (Lipinski definition) is 1. The maximum Gasteiger partial charge on any atom is 0.270 e. The zero-order valence-electron chi connectivity index (χ0n) is 15.3. The third-order valence-corrected chi connectivity index (χ3v) is 5.02. The van der Waals surface area contributed by atoms with E-state index >= 15 is 0 Å². The second-order valence-electron chi connectivity index (χ2n) is 6.85. The van der Waals surface area contributed by atoms with Crippen LogP contribution in [0.15, 0.2) is 36.4 Å². The smallest absolute Gasteiger partial charge is 0.270 e. The van der Waals surface area contributed by atoms with E-state index in [0.29, 0.717) is 24.3 Å². The molecule has 0 bridgehead atoms. The molecule has 2 aromatic rings. The number of fused-ring (bicyclic) bond motifs is 1. The van der Waals surface area contributed by atoms with E-state index in [2.05, 4.69) is 10.2 Å². The fourth-order valence-corrected chi connectivity index (χ4v) is 3.57. The topological polar surface area (TPSA) is 93.9 Å². The fourth-order valence-electron chi connectivity index (χ4n) is 3.57. The molecule has 0 aliphatic carbocycles. The molecular weight excluding hydrogens is 362 g/mol. The van der Waals surface area contributed by atoms with E-state index in [0.717, 1.165) is 42.9 Å². The van der Waals surface area contributed by atoms with E-state index in [4.69, 9.17) is 9.47 Å². The molecule has 0 saturated carbocycles. The van der Waals surface area contributed by atoms with Gasteiger partial charge < -0.3 is 19.7 Å². The first kappa shape index (κ1) is 18.1. The van der Waals surface area contributed by atoms with Crippen molar-refractivity contribution < 1.29 is 19.2 Å². The fraction of sp³-hybridized carbons (Fsp3) is 0.350. The standard InChI is InChI=1S/C20H21N3O5/c24-20(21-8-7-14-3-6-18-19(11-14)28-13-27-18)16-12-15(23(25)26)4-5-17(16)22-9-1-2-10-22/h3-6,11-12H,1-2,7-10,13H2,(H,21,24).